The summed E-state index contributed by atoms with van der Waals surface area (Å²) in [7, 11) is 0. The Hall–Kier alpha value is -2.56. The lowest BCUT2D eigenvalue weighted by atomic mass is 10.2. The van der Waals surface area contributed by atoms with E-state index in [0.29, 0.717) is 11.3 Å². The SMILES string of the molecule is CCOC(=O)c1nnc(-c2ccncc2Nc2ccc(I)cc2F)o1. The summed E-state index contributed by atoms with van der Waals surface area (Å²) in [5.74, 6) is -1.26. The number of rotatable bonds is 5. The molecule has 9 heteroatoms. The highest BCUT2D eigenvalue weighted by Crippen LogP contribution is 2.30. The Labute approximate surface area is 155 Å². The van der Waals surface area contributed by atoms with Gasteiger partial charge in [-0.1, -0.05) is 0 Å². The van der Waals surface area contributed by atoms with Crippen molar-refractivity contribution in [2.75, 3.05) is 11.9 Å². The maximum Gasteiger partial charge on any atom is 0.396 e. The molecule has 0 saturated heterocycles. The first-order valence-electron chi connectivity index (χ1n) is 7.25. The van der Waals surface area contributed by atoms with Gasteiger partial charge in [0.05, 0.1) is 29.7 Å². The highest BCUT2D eigenvalue weighted by Gasteiger charge is 2.19. The number of nitrogens with one attached hydrogen (secondary N) is 1. The van der Waals surface area contributed by atoms with Crippen molar-refractivity contribution in [3.05, 3.63) is 51.9 Å². The van der Waals surface area contributed by atoms with Crippen LogP contribution in [0.15, 0.2) is 41.1 Å². The predicted molar refractivity (Wildman–Crippen MR) is 95.9 cm³/mol. The van der Waals surface area contributed by atoms with Gasteiger partial charge in [0.2, 0.25) is 0 Å². The maximum atomic E-state index is 14.1. The molecule has 25 heavy (non-hydrogen) atoms. The van der Waals surface area contributed by atoms with Gasteiger partial charge in [-0.05, 0) is 53.8 Å². The zero-order valence-corrected chi connectivity index (χ0v) is 15.2. The van der Waals surface area contributed by atoms with Crippen LogP contribution >= 0.6 is 22.6 Å². The number of aromatic nitrogens is 3. The van der Waals surface area contributed by atoms with Crippen molar-refractivity contribution >= 4 is 39.9 Å². The second-order valence-corrected chi connectivity index (χ2v) is 6.05. The van der Waals surface area contributed by atoms with Gasteiger partial charge in [0.1, 0.15) is 5.82 Å². The number of nitrogens with zero attached hydrogens (tertiary/aromatic N) is 3. The van der Waals surface area contributed by atoms with Crippen LogP contribution in [-0.4, -0.2) is 27.8 Å². The number of carbonyl (C=O) groups is 1. The molecule has 0 atom stereocenters. The second kappa shape index (κ2) is 7.55. The number of anilines is 2. The molecular weight excluding hydrogens is 442 g/mol. The van der Waals surface area contributed by atoms with Crippen molar-refractivity contribution in [1.82, 2.24) is 15.2 Å². The zero-order valence-electron chi connectivity index (χ0n) is 13.0. The van der Waals surface area contributed by atoms with Gasteiger partial charge >= 0.3 is 11.9 Å². The number of benzene rings is 1. The molecule has 0 unspecified atom stereocenters. The Morgan fingerprint density at radius 1 is 1.32 bits per heavy atom. The third-order valence-corrected chi connectivity index (χ3v) is 3.80. The quantitative estimate of drug-likeness (QED) is 0.464. The van der Waals surface area contributed by atoms with Gasteiger partial charge in [0, 0.05) is 9.77 Å². The average Bonchev–Trinajstić information content (AvgIpc) is 3.08. The molecule has 3 aromatic rings. The fourth-order valence-electron chi connectivity index (χ4n) is 2.02. The third kappa shape index (κ3) is 3.92. The Kier molecular flexibility index (Phi) is 5.22. The van der Waals surface area contributed by atoms with E-state index in [4.69, 9.17) is 9.15 Å². The third-order valence-electron chi connectivity index (χ3n) is 3.13. The van der Waals surface area contributed by atoms with E-state index in [1.54, 1.807) is 25.1 Å². The molecule has 0 amide bonds. The summed E-state index contributed by atoms with van der Waals surface area (Å²) >= 11 is 2.03. The molecule has 0 bridgehead atoms. The molecule has 0 saturated carbocycles. The minimum Gasteiger partial charge on any atom is -0.459 e. The Bertz CT molecular complexity index is 916. The number of ether oxygens (including phenoxy) is 1. The molecule has 0 radical (unpaired) electrons. The Balaban J connectivity index is 1.92. The van der Waals surface area contributed by atoms with Gasteiger partial charge in [-0.15, -0.1) is 10.2 Å². The van der Waals surface area contributed by atoms with E-state index in [1.807, 2.05) is 22.6 Å². The number of carbonyl (C=O) groups excluding carboxylic acids is 1. The van der Waals surface area contributed by atoms with Gasteiger partial charge in [-0.25, -0.2) is 9.18 Å². The van der Waals surface area contributed by atoms with Crippen molar-refractivity contribution in [3.63, 3.8) is 0 Å². The van der Waals surface area contributed by atoms with E-state index >= 15 is 0 Å². The van der Waals surface area contributed by atoms with E-state index in [-0.39, 0.29) is 24.1 Å². The average molecular weight is 454 g/mol. The summed E-state index contributed by atoms with van der Waals surface area (Å²) in [4.78, 5) is 15.7. The molecule has 7 nitrogen and oxygen atoms in total. The van der Waals surface area contributed by atoms with Gasteiger partial charge < -0.3 is 14.5 Å². The molecule has 1 aromatic carbocycles. The molecule has 0 aliphatic rings. The lowest BCUT2D eigenvalue weighted by Gasteiger charge is -2.10. The number of halogens is 2. The van der Waals surface area contributed by atoms with Crippen LogP contribution in [0.25, 0.3) is 11.5 Å². The molecule has 0 aliphatic carbocycles. The minimum atomic E-state index is -0.700. The van der Waals surface area contributed by atoms with Gasteiger partial charge in [0.25, 0.3) is 5.89 Å². The molecule has 1 N–H and O–H groups in total. The lowest BCUT2D eigenvalue weighted by Crippen LogP contribution is -2.04. The van der Waals surface area contributed by atoms with Crippen LogP contribution in [0, 0.1) is 9.39 Å². The van der Waals surface area contributed by atoms with Crippen LogP contribution in [0.3, 0.4) is 0 Å². The molecule has 0 spiro atoms. The smallest absolute Gasteiger partial charge is 0.396 e. The molecule has 128 valence electrons. The van der Waals surface area contributed by atoms with Crippen molar-refractivity contribution in [3.8, 4) is 11.5 Å². The summed E-state index contributed by atoms with van der Waals surface area (Å²) in [6.07, 6.45) is 3.03. The normalized spacial score (nSPS) is 10.5. The summed E-state index contributed by atoms with van der Waals surface area (Å²) in [5, 5.41) is 10.5. The van der Waals surface area contributed by atoms with E-state index in [9.17, 15) is 9.18 Å². The lowest BCUT2D eigenvalue weighted by molar-refractivity contribution is 0.0481. The second-order valence-electron chi connectivity index (χ2n) is 4.80. The van der Waals surface area contributed by atoms with Crippen molar-refractivity contribution in [1.29, 1.82) is 0 Å². The van der Waals surface area contributed by atoms with E-state index in [1.165, 1.54) is 18.5 Å². The fourth-order valence-corrected chi connectivity index (χ4v) is 2.48. The van der Waals surface area contributed by atoms with Gasteiger partial charge in [-0.3, -0.25) is 4.98 Å². The van der Waals surface area contributed by atoms with Crippen LogP contribution in [0.4, 0.5) is 15.8 Å². The van der Waals surface area contributed by atoms with E-state index in [0.717, 1.165) is 3.57 Å². The highest BCUT2D eigenvalue weighted by molar-refractivity contribution is 14.1. The Morgan fingerprint density at radius 2 is 2.16 bits per heavy atom. The first-order chi connectivity index (χ1) is 12.1. The largest absolute Gasteiger partial charge is 0.459 e. The molecule has 0 aliphatic heterocycles. The molecule has 0 fully saturated rings. The van der Waals surface area contributed by atoms with Crippen molar-refractivity contribution in [2.24, 2.45) is 0 Å². The molecule has 2 aromatic heterocycles. The standard InChI is InChI=1S/C16H12FIN4O3/c1-2-24-16(23)15-22-21-14(25-15)10-5-6-19-8-13(10)20-12-4-3-9(18)7-11(12)17/h3-8,20H,2H2,1H3. The monoisotopic (exact) mass is 454 g/mol. The topological polar surface area (TPSA) is 90.1 Å². The van der Waals surface area contributed by atoms with E-state index < -0.39 is 11.8 Å². The van der Waals surface area contributed by atoms with Crippen LogP contribution in [0.2, 0.25) is 0 Å². The van der Waals surface area contributed by atoms with Crippen molar-refractivity contribution in [2.45, 2.75) is 6.92 Å². The number of hydrogen-bond donors (Lipinski definition) is 1. The number of hydrogen-bond acceptors (Lipinski definition) is 7. The fraction of sp³-hybridized carbons (Fsp3) is 0.125. The summed E-state index contributed by atoms with van der Waals surface area (Å²) in [6, 6.07) is 6.42. The van der Waals surface area contributed by atoms with Gasteiger partial charge in [0.15, 0.2) is 0 Å². The predicted octanol–water partition coefficient (Wildman–Crippen LogP) is 3.80. The Morgan fingerprint density at radius 3 is 2.92 bits per heavy atom. The molecule has 2 heterocycles. The maximum absolute atomic E-state index is 14.1. The van der Waals surface area contributed by atoms with Crippen molar-refractivity contribution < 1.29 is 18.3 Å². The van der Waals surface area contributed by atoms with Crippen LogP contribution in [0.1, 0.15) is 17.6 Å². The van der Waals surface area contributed by atoms with Crippen LogP contribution in [-0.2, 0) is 4.74 Å². The van der Waals surface area contributed by atoms with Gasteiger partial charge in [-0.2, -0.15) is 0 Å². The molecule has 3 rings (SSSR count). The summed E-state index contributed by atoms with van der Waals surface area (Å²) in [6.45, 7) is 1.88. The van der Waals surface area contributed by atoms with Crippen LogP contribution in [0.5, 0.6) is 0 Å². The first kappa shape index (κ1) is 17.3. The summed E-state index contributed by atoms with van der Waals surface area (Å²) in [5.41, 5.74) is 1.22. The summed E-state index contributed by atoms with van der Waals surface area (Å²) < 4.78 is 25.0. The molecular formula is C16H12FIN4O3. The highest BCUT2D eigenvalue weighted by atomic mass is 127. The first-order valence-corrected chi connectivity index (χ1v) is 8.33. The van der Waals surface area contributed by atoms with Crippen LogP contribution < -0.4 is 5.32 Å². The number of pyridine rings is 1. The zero-order chi connectivity index (χ0) is 17.8. The minimum absolute atomic E-state index is 0.0962. The number of esters is 1. The van der Waals surface area contributed by atoms with E-state index in [2.05, 4.69) is 20.5 Å².